The van der Waals surface area contributed by atoms with E-state index in [1.54, 1.807) is 0 Å². The van der Waals surface area contributed by atoms with Gasteiger partial charge in [0.1, 0.15) is 0 Å². The second kappa shape index (κ2) is 4.81. The maximum Gasteiger partial charge on any atom is 0.315 e. The van der Waals surface area contributed by atoms with Crippen molar-refractivity contribution >= 4 is 12.0 Å². The van der Waals surface area contributed by atoms with Gasteiger partial charge in [0.05, 0.1) is 5.41 Å². The van der Waals surface area contributed by atoms with E-state index in [1.165, 1.54) is 5.56 Å². The maximum absolute atomic E-state index is 11.8. The summed E-state index contributed by atoms with van der Waals surface area (Å²) in [4.78, 5) is 22.7. The van der Waals surface area contributed by atoms with Gasteiger partial charge in [-0.3, -0.25) is 4.79 Å². The SMILES string of the molecule is O=C(NCC1(C(=O)O)CC1)NC1CC1c1ccccc1. The van der Waals surface area contributed by atoms with Gasteiger partial charge in [-0.2, -0.15) is 0 Å². The molecule has 0 spiro atoms. The van der Waals surface area contributed by atoms with Gasteiger partial charge in [0, 0.05) is 18.5 Å². The lowest BCUT2D eigenvalue weighted by Crippen LogP contribution is -2.41. The van der Waals surface area contributed by atoms with Gasteiger partial charge in [0.2, 0.25) is 0 Å². The second-order valence-electron chi connectivity index (χ2n) is 5.77. The van der Waals surface area contributed by atoms with Gasteiger partial charge in [-0.05, 0) is 24.8 Å². The van der Waals surface area contributed by atoms with Crippen molar-refractivity contribution in [3.05, 3.63) is 35.9 Å². The lowest BCUT2D eigenvalue weighted by atomic mass is 10.1. The summed E-state index contributed by atoms with van der Waals surface area (Å²) in [5, 5.41) is 14.6. The fraction of sp³-hybridized carbons (Fsp3) is 0.467. The van der Waals surface area contributed by atoms with Gasteiger partial charge >= 0.3 is 12.0 Å². The molecule has 0 aromatic heterocycles. The summed E-state index contributed by atoms with van der Waals surface area (Å²) in [6.45, 7) is 0.219. The number of carbonyl (C=O) groups is 2. The molecule has 2 unspecified atom stereocenters. The molecule has 5 nitrogen and oxygen atoms in total. The van der Waals surface area contributed by atoms with Crippen LogP contribution in [0.4, 0.5) is 4.79 Å². The van der Waals surface area contributed by atoms with Crippen LogP contribution in [0.25, 0.3) is 0 Å². The highest BCUT2D eigenvalue weighted by atomic mass is 16.4. The number of hydrogen-bond acceptors (Lipinski definition) is 2. The minimum Gasteiger partial charge on any atom is -0.481 e. The molecule has 2 aliphatic rings. The Hall–Kier alpha value is -2.04. The van der Waals surface area contributed by atoms with Crippen LogP contribution in [0.15, 0.2) is 30.3 Å². The predicted octanol–water partition coefficient (Wildman–Crippen LogP) is 1.71. The third kappa shape index (κ3) is 2.61. The Morgan fingerprint density at radius 1 is 1.25 bits per heavy atom. The van der Waals surface area contributed by atoms with Gasteiger partial charge < -0.3 is 15.7 Å². The Balaban J connectivity index is 1.44. The van der Waals surface area contributed by atoms with Gasteiger partial charge in [0.25, 0.3) is 0 Å². The van der Waals surface area contributed by atoms with E-state index in [-0.39, 0.29) is 18.6 Å². The Bertz CT molecular complexity index is 525. The minimum absolute atomic E-state index is 0.164. The summed E-state index contributed by atoms with van der Waals surface area (Å²) >= 11 is 0. The highest BCUT2D eigenvalue weighted by Gasteiger charge is 2.50. The van der Waals surface area contributed by atoms with E-state index in [1.807, 2.05) is 18.2 Å². The summed E-state index contributed by atoms with van der Waals surface area (Å²) in [6, 6.07) is 9.99. The molecule has 1 aromatic carbocycles. The van der Waals surface area contributed by atoms with Crippen LogP contribution in [0.1, 0.15) is 30.7 Å². The highest BCUT2D eigenvalue weighted by molar-refractivity contribution is 5.80. The Kier molecular flexibility index (Phi) is 3.12. The third-order valence-corrected chi connectivity index (χ3v) is 4.23. The highest BCUT2D eigenvalue weighted by Crippen LogP contribution is 2.45. The van der Waals surface area contributed by atoms with Crippen LogP contribution in [-0.4, -0.2) is 29.7 Å². The molecule has 0 saturated heterocycles. The molecule has 2 amide bonds. The number of nitrogens with one attached hydrogen (secondary N) is 2. The van der Waals surface area contributed by atoms with Crippen LogP contribution in [0.5, 0.6) is 0 Å². The molecule has 2 saturated carbocycles. The molecule has 0 aliphatic heterocycles. The zero-order valence-electron chi connectivity index (χ0n) is 11.1. The van der Waals surface area contributed by atoms with E-state index in [0.717, 1.165) is 6.42 Å². The number of aliphatic carboxylic acids is 1. The number of amides is 2. The first-order chi connectivity index (χ1) is 9.61. The minimum atomic E-state index is -0.814. The molecule has 20 heavy (non-hydrogen) atoms. The summed E-state index contributed by atoms with van der Waals surface area (Å²) in [5.74, 6) is -0.428. The van der Waals surface area contributed by atoms with Crippen LogP contribution >= 0.6 is 0 Å². The van der Waals surface area contributed by atoms with Crippen molar-refractivity contribution in [1.29, 1.82) is 0 Å². The van der Waals surface area contributed by atoms with Crippen LogP contribution < -0.4 is 10.6 Å². The van der Waals surface area contributed by atoms with Gasteiger partial charge in [-0.25, -0.2) is 4.79 Å². The topological polar surface area (TPSA) is 78.4 Å². The van der Waals surface area contributed by atoms with Crippen molar-refractivity contribution < 1.29 is 14.7 Å². The number of benzene rings is 1. The molecule has 0 bridgehead atoms. The second-order valence-corrected chi connectivity index (χ2v) is 5.77. The average molecular weight is 274 g/mol. The number of carbonyl (C=O) groups excluding carboxylic acids is 1. The van der Waals surface area contributed by atoms with E-state index in [4.69, 9.17) is 5.11 Å². The van der Waals surface area contributed by atoms with Crippen molar-refractivity contribution in [2.45, 2.75) is 31.2 Å². The maximum atomic E-state index is 11.8. The van der Waals surface area contributed by atoms with Crippen LogP contribution in [0.3, 0.4) is 0 Å². The summed E-state index contributed by atoms with van der Waals surface area (Å²) < 4.78 is 0. The largest absolute Gasteiger partial charge is 0.481 e. The van der Waals surface area contributed by atoms with Crippen molar-refractivity contribution in [2.75, 3.05) is 6.54 Å². The number of rotatable bonds is 5. The molecule has 2 fully saturated rings. The smallest absolute Gasteiger partial charge is 0.315 e. The molecule has 3 N–H and O–H groups in total. The van der Waals surface area contributed by atoms with Crippen molar-refractivity contribution in [3.63, 3.8) is 0 Å². The fourth-order valence-corrected chi connectivity index (χ4v) is 2.51. The number of urea groups is 1. The fourth-order valence-electron chi connectivity index (χ4n) is 2.51. The van der Waals surface area contributed by atoms with E-state index >= 15 is 0 Å². The van der Waals surface area contributed by atoms with Crippen molar-refractivity contribution in [1.82, 2.24) is 10.6 Å². The van der Waals surface area contributed by atoms with Crippen LogP contribution in [0, 0.1) is 5.41 Å². The average Bonchev–Trinajstić information content (AvgIpc) is 3.33. The summed E-state index contributed by atoms with van der Waals surface area (Å²) in [6.07, 6.45) is 2.25. The molecule has 3 rings (SSSR count). The quantitative estimate of drug-likeness (QED) is 0.764. The van der Waals surface area contributed by atoms with E-state index in [0.29, 0.717) is 18.8 Å². The first-order valence-corrected chi connectivity index (χ1v) is 6.93. The lowest BCUT2D eigenvalue weighted by molar-refractivity contribution is -0.143. The van der Waals surface area contributed by atoms with E-state index in [9.17, 15) is 9.59 Å². The molecule has 5 heteroatoms. The first kappa shape index (κ1) is 13.0. The monoisotopic (exact) mass is 274 g/mol. The number of hydrogen-bond donors (Lipinski definition) is 3. The van der Waals surface area contributed by atoms with Crippen molar-refractivity contribution in [3.8, 4) is 0 Å². The molecular formula is C15H18N2O3. The molecule has 106 valence electrons. The Morgan fingerprint density at radius 2 is 1.95 bits per heavy atom. The third-order valence-electron chi connectivity index (χ3n) is 4.23. The summed E-state index contributed by atoms with van der Waals surface area (Å²) in [7, 11) is 0. The molecule has 0 heterocycles. The normalized spacial score (nSPS) is 25.6. The van der Waals surface area contributed by atoms with Crippen LogP contribution in [-0.2, 0) is 4.79 Å². The molecular weight excluding hydrogens is 256 g/mol. The zero-order chi connectivity index (χ0) is 14.2. The number of carboxylic acid groups (broad SMARTS) is 1. The zero-order valence-corrected chi connectivity index (χ0v) is 11.1. The lowest BCUT2D eigenvalue weighted by Gasteiger charge is -2.12. The standard InChI is InChI=1S/C15H18N2O3/c18-13(19)15(6-7-15)9-16-14(20)17-12-8-11(12)10-4-2-1-3-5-10/h1-5,11-12H,6-9H2,(H,18,19)(H2,16,17,20). The predicted molar refractivity (Wildman–Crippen MR) is 73.4 cm³/mol. The van der Waals surface area contributed by atoms with Gasteiger partial charge in [0.15, 0.2) is 0 Å². The summed E-state index contributed by atoms with van der Waals surface area (Å²) in [5.41, 5.74) is 0.529. The Labute approximate surface area is 117 Å². The molecule has 2 aliphatic carbocycles. The van der Waals surface area contributed by atoms with E-state index in [2.05, 4.69) is 22.8 Å². The van der Waals surface area contributed by atoms with E-state index < -0.39 is 11.4 Å². The van der Waals surface area contributed by atoms with Gasteiger partial charge in [-0.1, -0.05) is 30.3 Å². The van der Waals surface area contributed by atoms with Crippen LogP contribution in [0.2, 0.25) is 0 Å². The van der Waals surface area contributed by atoms with Gasteiger partial charge in [-0.15, -0.1) is 0 Å². The Morgan fingerprint density at radius 3 is 2.55 bits per heavy atom. The molecule has 1 aromatic rings. The first-order valence-electron chi connectivity index (χ1n) is 6.93. The number of carboxylic acids is 1. The molecule has 2 atom stereocenters. The molecule has 0 radical (unpaired) electrons. The van der Waals surface area contributed by atoms with Crippen molar-refractivity contribution in [2.24, 2.45) is 5.41 Å².